The zero-order chi connectivity index (χ0) is 17.9. The Morgan fingerprint density at radius 1 is 1.29 bits per heavy atom. The number of carboxylic acid groups (broad SMARTS) is 1. The van der Waals surface area contributed by atoms with Crippen LogP contribution in [0, 0.1) is 18.3 Å². The van der Waals surface area contributed by atoms with E-state index < -0.39 is 5.97 Å². The maximum atomic E-state index is 11.2. The van der Waals surface area contributed by atoms with Crippen LogP contribution in [0.2, 0.25) is 10.0 Å². The molecule has 122 valence electrons. The van der Waals surface area contributed by atoms with Gasteiger partial charge in [0.25, 0.3) is 0 Å². The predicted octanol–water partition coefficient (Wildman–Crippen LogP) is 5.21. The molecule has 0 aromatic heterocycles. The van der Waals surface area contributed by atoms with Crippen molar-refractivity contribution in [2.75, 3.05) is 0 Å². The van der Waals surface area contributed by atoms with Crippen LogP contribution in [-0.4, -0.2) is 16.8 Å². The predicted molar refractivity (Wildman–Crippen MR) is 95.8 cm³/mol. The molecule has 2 aromatic carbocycles. The van der Waals surface area contributed by atoms with Gasteiger partial charge in [-0.05, 0) is 49.2 Å². The van der Waals surface area contributed by atoms with Gasteiger partial charge in [0.2, 0.25) is 0 Å². The summed E-state index contributed by atoms with van der Waals surface area (Å²) in [6, 6.07) is 10.2. The monoisotopic (exact) mass is 360 g/mol. The summed E-state index contributed by atoms with van der Waals surface area (Å²) >= 11 is 12.3. The topological polar surface area (TPSA) is 73.4 Å². The van der Waals surface area contributed by atoms with E-state index in [2.05, 4.69) is 11.1 Å². The number of hydrogen-bond acceptors (Lipinski definition) is 3. The van der Waals surface area contributed by atoms with Gasteiger partial charge in [-0.2, -0.15) is 5.26 Å². The van der Waals surface area contributed by atoms with Gasteiger partial charge in [-0.25, -0.2) is 4.79 Å². The molecule has 1 N–H and O–H groups in total. The summed E-state index contributed by atoms with van der Waals surface area (Å²) in [6.07, 6.45) is 0.314. The number of carboxylic acids is 1. The number of aromatic carboxylic acids is 1. The van der Waals surface area contributed by atoms with Gasteiger partial charge in [0.05, 0.1) is 27.9 Å². The first-order valence-electron chi connectivity index (χ1n) is 7.08. The van der Waals surface area contributed by atoms with Crippen molar-refractivity contribution >= 4 is 40.6 Å². The van der Waals surface area contributed by atoms with Gasteiger partial charge in [0.15, 0.2) is 0 Å². The Kier molecular flexibility index (Phi) is 5.61. The number of nitrogens with zero attached hydrogens (tertiary/aromatic N) is 2. The van der Waals surface area contributed by atoms with Crippen LogP contribution in [0.15, 0.2) is 35.3 Å². The highest BCUT2D eigenvalue weighted by Gasteiger charge is 2.16. The van der Waals surface area contributed by atoms with Gasteiger partial charge in [-0.3, -0.25) is 4.99 Å². The number of aryl methyl sites for hydroxylation is 1. The molecule has 0 amide bonds. The Hall–Kier alpha value is -2.35. The molecule has 0 aliphatic rings. The minimum atomic E-state index is -1.11. The third-order valence-corrected chi connectivity index (χ3v) is 4.28. The van der Waals surface area contributed by atoms with Gasteiger partial charge >= 0.3 is 5.97 Å². The molecule has 0 fully saturated rings. The average Bonchev–Trinajstić information content (AvgIpc) is 2.53. The summed E-state index contributed by atoms with van der Waals surface area (Å²) in [4.78, 5) is 15.7. The number of nitriles is 1. The Labute approximate surface area is 150 Å². The molecule has 0 aliphatic heterocycles. The molecule has 0 atom stereocenters. The van der Waals surface area contributed by atoms with E-state index >= 15 is 0 Å². The SMILES string of the molecule is CC(Cc1c(Cl)ccc(C(=O)O)c1Cl)=Nc1cc(C#N)ccc1C. The fourth-order valence-corrected chi connectivity index (χ4v) is 2.81. The molecule has 0 bridgehead atoms. The number of hydrogen-bond donors (Lipinski definition) is 1. The molecule has 2 aromatic rings. The third kappa shape index (κ3) is 3.94. The van der Waals surface area contributed by atoms with Gasteiger partial charge in [-0.1, -0.05) is 29.3 Å². The lowest BCUT2D eigenvalue weighted by molar-refractivity contribution is 0.0697. The lowest BCUT2D eigenvalue weighted by Gasteiger charge is -2.10. The molecule has 0 heterocycles. The van der Waals surface area contributed by atoms with Crippen molar-refractivity contribution in [3.63, 3.8) is 0 Å². The van der Waals surface area contributed by atoms with Crippen molar-refractivity contribution in [3.8, 4) is 6.07 Å². The van der Waals surface area contributed by atoms with Gasteiger partial charge < -0.3 is 5.11 Å². The zero-order valence-corrected chi connectivity index (χ0v) is 14.6. The average molecular weight is 361 g/mol. The van der Waals surface area contributed by atoms with Crippen LogP contribution in [0.5, 0.6) is 0 Å². The van der Waals surface area contributed by atoms with Crippen LogP contribution in [0.4, 0.5) is 5.69 Å². The zero-order valence-electron chi connectivity index (χ0n) is 13.1. The quantitative estimate of drug-likeness (QED) is 0.760. The maximum Gasteiger partial charge on any atom is 0.337 e. The van der Waals surface area contributed by atoms with E-state index in [0.29, 0.717) is 34.0 Å². The fourth-order valence-electron chi connectivity index (χ4n) is 2.23. The summed E-state index contributed by atoms with van der Waals surface area (Å²) in [5, 5.41) is 18.7. The molecule has 0 saturated heterocycles. The Bertz CT molecular complexity index is 883. The molecule has 0 aliphatic carbocycles. The number of benzene rings is 2. The summed E-state index contributed by atoms with van der Waals surface area (Å²) in [5.41, 5.74) is 3.38. The lowest BCUT2D eigenvalue weighted by atomic mass is 10.0. The van der Waals surface area contributed by atoms with Crippen LogP contribution < -0.4 is 0 Å². The Morgan fingerprint density at radius 2 is 2.00 bits per heavy atom. The molecule has 0 unspecified atom stereocenters. The largest absolute Gasteiger partial charge is 0.478 e. The highest BCUT2D eigenvalue weighted by Crippen LogP contribution is 2.30. The van der Waals surface area contributed by atoms with Gasteiger partial charge in [-0.15, -0.1) is 0 Å². The van der Waals surface area contributed by atoms with E-state index in [9.17, 15) is 4.79 Å². The molecule has 2 rings (SSSR count). The second kappa shape index (κ2) is 7.48. The van der Waals surface area contributed by atoms with Gasteiger partial charge in [0.1, 0.15) is 0 Å². The third-order valence-electron chi connectivity index (χ3n) is 3.50. The maximum absolute atomic E-state index is 11.2. The van der Waals surface area contributed by atoms with Crippen LogP contribution in [0.1, 0.15) is 34.0 Å². The van der Waals surface area contributed by atoms with Crippen LogP contribution in [0.25, 0.3) is 0 Å². The first kappa shape index (κ1) is 18.0. The van der Waals surface area contributed by atoms with E-state index in [0.717, 1.165) is 5.56 Å². The molecular weight excluding hydrogens is 347 g/mol. The summed E-state index contributed by atoms with van der Waals surface area (Å²) < 4.78 is 0. The first-order chi connectivity index (χ1) is 11.3. The highest BCUT2D eigenvalue weighted by molar-refractivity contribution is 6.38. The summed E-state index contributed by atoms with van der Waals surface area (Å²) in [6.45, 7) is 3.71. The summed E-state index contributed by atoms with van der Waals surface area (Å²) in [5.74, 6) is -1.11. The van der Waals surface area contributed by atoms with Crippen molar-refractivity contribution in [1.29, 1.82) is 5.26 Å². The first-order valence-corrected chi connectivity index (χ1v) is 7.84. The fraction of sp³-hybridized carbons (Fsp3) is 0.167. The lowest BCUT2D eigenvalue weighted by Crippen LogP contribution is -2.04. The Morgan fingerprint density at radius 3 is 2.62 bits per heavy atom. The second-order valence-corrected chi connectivity index (χ2v) is 6.11. The molecule has 0 radical (unpaired) electrons. The van der Waals surface area contributed by atoms with E-state index in [1.807, 2.05) is 13.0 Å². The normalized spacial score (nSPS) is 11.2. The second-order valence-electron chi connectivity index (χ2n) is 5.33. The molecule has 24 heavy (non-hydrogen) atoms. The molecule has 0 spiro atoms. The van der Waals surface area contributed by atoms with Crippen molar-refractivity contribution in [1.82, 2.24) is 0 Å². The van der Waals surface area contributed by atoms with Crippen LogP contribution in [0.3, 0.4) is 0 Å². The smallest absolute Gasteiger partial charge is 0.337 e. The van der Waals surface area contributed by atoms with Crippen molar-refractivity contribution in [2.45, 2.75) is 20.3 Å². The van der Waals surface area contributed by atoms with E-state index in [4.69, 9.17) is 33.6 Å². The van der Waals surface area contributed by atoms with Crippen molar-refractivity contribution in [2.24, 2.45) is 4.99 Å². The number of rotatable bonds is 4. The van der Waals surface area contributed by atoms with E-state index in [1.54, 1.807) is 19.1 Å². The minimum absolute atomic E-state index is 0.00604. The Balaban J connectivity index is 2.40. The molecule has 6 heteroatoms. The van der Waals surface area contributed by atoms with E-state index in [1.165, 1.54) is 12.1 Å². The molecule has 4 nitrogen and oxygen atoms in total. The number of aliphatic imine (C=N–C) groups is 1. The number of carbonyl (C=O) groups is 1. The number of halogens is 2. The van der Waals surface area contributed by atoms with Gasteiger partial charge in [0, 0.05) is 17.2 Å². The summed E-state index contributed by atoms with van der Waals surface area (Å²) in [7, 11) is 0. The highest BCUT2D eigenvalue weighted by atomic mass is 35.5. The molecule has 0 saturated carbocycles. The van der Waals surface area contributed by atoms with Crippen molar-refractivity contribution in [3.05, 3.63) is 62.6 Å². The standard InChI is InChI=1S/C18H14Cl2N2O2/c1-10-3-4-12(9-21)8-16(10)22-11(2)7-14-15(19)6-5-13(17(14)20)18(23)24/h3-6,8H,7H2,1-2H3,(H,23,24). The van der Waals surface area contributed by atoms with Crippen LogP contribution in [-0.2, 0) is 6.42 Å². The molecular formula is C18H14Cl2N2O2. The van der Waals surface area contributed by atoms with Crippen molar-refractivity contribution < 1.29 is 9.90 Å². The van der Waals surface area contributed by atoms with Crippen LogP contribution >= 0.6 is 23.2 Å². The van der Waals surface area contributed by atoms with E-state index in [-0.39, 0.29) is 10.6 Å². The minimum Gasteiger partial charge on any atom is -0.478 e.